The number of anilines is 1. The molecule has 4 rings (SSSR count). The number of benzene rings is 2. The third-order valence-electron chi connectivity index (χ3n) is 8.37. The highest BCUT2D eigenvalue weighted by Crippen LogP contribution is 2.31. The fourth-order valence-electron chi connectivity index (χ4n) is 5.67. The highest BCUT2D eigenvalue weighted by atomic mass is 32.2. The van der Waals surface area contributed by atoms with E-state index in [2.05, 4.69) is 22.5 Å². The average Bonchev–Trinajstić information content (AvgIpc) is 3.85. The van der Waals surface area contributed by atoms with Gasteiger partial charge in [0.1, 0.15) is 29.8 Å². The number of carbonyl (C=O) groups excluding carboxylic acids is 5. The third-order valence-corrected chi connectivity index (χ3v) is 10.2. The highest BCUT2D eigenvalue weighted by molar-refractivity contribution is 7.90. The SMILES string of the molecule is C=C/C=C/C(NC(=O)[C@@H]1C[C@@H](OC(=O)Nc2ccccc2-c2ccccc2)CN1C(=O)C(NC(=O)OC(C)(C)C)C(C)(C)C)C(=O)NS(=O)(=O)C1CC1. The van der Waals surface area contributed by atoms with E-state index in [-0.39, 0.29) is 13.0 Å². The molecule has 53 heavy (non-hydrogen) atoms. The molecule has 5 amide bonds. The zero-order chi connectivity index (χ0) is 39.1. The molecule has 0 spiro atoms. The maximum atomic E-state index is 14.3. The van der Waals surface area contributed by atoms with Crippen molar-refractivity contribution in [3.05, 3.63) is 79.4 Å². The van der Waals surface area contributed by atoms with Crippen LogP contribution < -0.4 is 20.7 Å². The summed E-state index contributed by atoms with van der Waals surface area (Å²) >= 11 is 0. The molecule has 1 heterocycles. The minimum atomic E-state index is -3.95. The molecule has 0 aromatic heterocycles. The molecule has 2 aliphatic rings. The average molecular weight is 752 g/mol. The van der Waals surface area contributed by atoms with Crippen molar-refractivity contribution in [1.29, 1.82) is 0 Å². The molecule has 2 fully saturated rings. The number of hydrogen-bond acceptors (Lipinski definition) is 9. The van der Waals surface area contributed by atoms with Crippen LogP contribution in [0.3, 0.4) is 0 Å². The zero-order valence-corrected chi connectivity index (χ0v) is 31.7. The smallest absolute Gasteiger partial charge is 0.411 e. The molecule has 14 nitrogen and oxygen atoms in total. The summed E-state index contributed by atoms with van der Waals surface area (Å²) in [7, 11) is -3.95. The lowest BCUT2D eigenvalue weighted by Crippen LogP contribution is -2.59. The van der Waals surface area contributed by atoms with Crippen molar-refractivity contribution in [2.45, 2.75) is 95.9 Å². The Balaban J connectivity index is 1.60. The maximum absolute atomic E-state index is 14.3. The number of amides is 5. The lowest BCUT2D eigenvalue weighted by atomic mass is 9.85. The Bertz CT molecular complexity index is 1830. The number of carbonyl (C=O) groups is 5. The second-order valence-electron chi connectivity index (χ2n) is 15.1. The molecule has 0 radical (unpaired) electrons. The van der Waals surface area contributed by atoms with Crippen molar-refractivity contribution >= 4 is 45.6 Å². The quantitative estimate of drug-likeness (QED) is 0.224. The van der Waals surface area contributed by atoms with Gasteiger partial charge in [-0.3, -0.25) is 24.4 Å². The molecule has 4 N–H and O–H groups in total. The summed E-state index contributed by atoms with van der Waals surface area (Å²) in [5, 5.41) is 7.24. The highest BCUT2D eigenvalue weighted by Gasteiger charge is 2.47. The minimum Gasteiger partial charge on any atom is -0.444 e. The van der Waals surface area contributed by atoms with Crippen molar-refractivity contribution in [3.8, 4) is 11.1 Å². The Kier molecular flexibility index (Phi) is 12.8. The molecule has 4 atom stereocenters. The van der Waals surface area contributed by atoms with Crippen LogP contribution in [0.5, 0.6) is 0 Å². The molecular weight excluding hydrogens is 703 g/mol. The van der Waals surface area contributed by atoms with Crippen LogP contribution in [0.25, 0.3) is 11.1 Å². The van der Waals surface area contributed by atoms with Crippen LogP contribution in [-0.2, 0) is 33.9 Å². The Morgan fingerprint density at radius 2 is 1.55 bits per heavy atom. The van der Waals surface area contributed by atoms with Crippen molar-refractivity contribution in [1.82, 2.24) is 20.3 Å². The summed E-state index contributed by atoms with van der Waals surface area (Å²) in [4.78, 5) is 68.8. The third kappa shape index (κ3) is 11.4. The molecule has 1 aliphatic carbocycles. The molecule has 1 aliphatic heterocycles. The first-order chi connectivity index (χ1) is 24.8. The van der Waals surface area contributed by atoms with E-state index >= 15 is 0 Å². The van der Waals surface area contributed by atoms with E-state index in [9.17, 15) is 32.4 Å². The number of allylic oxidation sites excluding steroid dienone is 2. The molecule has 1 saturated heterocycles. The number of likely N-dealkylation sites (tertiary alicyclic amines) is 1. The lowest BCUT2D eigenvalue weighted by Gasteiger charge is -2.35. The van der Waals surface area contributed by atoms with E-state index in [0.717, 1.165) is 11.1 Å². The van der Waals surface area contributed by atoms with Crippen molar-refractivity contribution in [2.75, 3.05) is 11.9 Å². The number of hydrogen-bond donors (Lipinski definition) is 4. The van der Waals surface area contributed by atoms with Crippen LogP contribution in [0.15, 0.2) is 79.4 Å². The Morgan fingerprint density at radius 1 is 0.906 bits per heavy atom. The van der Waals surface area contributed by atoms with Crippen LogP contribution in [0.4, 0.5) is 15.3 Å². The predicted molar refractivity (Wildman–Crippen MR) is 200 cm³/mol. The summed E-state index contributed by atoms with van der Waals surface area (Å²) < 4.78 is 38.3. The summed E-state index contributed by atoms with van der Waals surface area (Å²) in [6, 6.07) is 12.6. The van der Waals surface area contributed by atoms with E-state index in [1.807, 2.05) is 47.2 Å². The summed E-state index contributed by atoms with van der Waals surface area (Å²) in [6.07, 6.45) is 1.97. The van der Waals surface area contributed by atoms with Gasteiger partial charge in [0.05, 0.1) is 17.5 Å². The first kappa shape index (κ1) is 40.6. The molecule has 2 aromatic rings. The molecule has 0 bridgehead atoms. The van der Waals surface area contributed by atoms with Gasteiger partial charge in [-0.15, -0.1) is 0 Å². The van der Waals surface area contributed by atoms with Gasteiger partial charge in [-0.05, 0) is 50.7 Å². The number of alkyl carbamates (subject to hydrolysis) is 1. The van der Waals surface area contributed by atoms with Gasteiger partial charge in [0.2, 0.25) is 21.8 Å². The first-order valence-electron chi connectivity index (χ1n) is 17.4. The van der Waals surface area contributed by atoms with E-state index in [0.29, 0.717) is 18.5 Å². The standard InChI is InChI=1S/C38H49N5O9S/c1-8-9-18-29(32(44)42-53(49,50)26-20-21-26)39-33(45)30-22-25(23-43(30)34(46)31(37(2,3)4)41-36(48)52-38(5,6)7)51-35(47)40-28-19-14-13-17-27(28)24-15-11-10-12-16-24/h8-19,25-26,29-31H,1,20-23H2,2-7H3,(H,39,45)(H,40,47)(H,41,48)(H,42,44)/b18-9+/t25-,29?,30+,31?/m1/s1. The molecular formula is C38H49N5O9S. The van der Waals surface area contributed by atoms with Gasteiger partial charge in [-0.2, -0.15) is 0 Å². The summed E-state index contributed by atoms with van der Waals surface area (Å²) in [5.41, 5.74) is 0.337. The van der Waals surface area contributed by atoms with Crippen LogP contribution in [0.1, 0.15) is 60.8 Å². The van der Waals surface area contributed by atoms with E-state index in [1.165, 1.54) is 23.1 Å². The molecule has 2 unspecified atom stereocenters. The van der Waals surface area contributed by atoms with E-state index in [4.69, 9.17) is 9.47 Å². The second kappa shape index (κ2) is 16.7. The number of sulfonamides is 1. The van der Waals surface area contributed by atoms with Crippen molar-refractivity contribution in [3.63, 3.8) is 0 Å². The molecule has 1 saturated carbocycles. The fourth-order valence-corrected chi connectivity index (χ4v) is 7.00. The Hall–Kier alpha value is -5.18. The minimum absolute atomic E-state index is 0.172. The van der Waals surface area contributed by atoms with Gasteiger partial charge in [0.15, 0.2) is 0 Å². The predicted octanol–water partition coefficient (Wildman–Crippen LogP) is 4.65. The van der Waals surface area contributed by atoms with Crippen molar-refractivity contribution in [2.24, 2.45) is 5.41 Å². The zero-order valence-electron chi connectivity index (χ0n) is 30.9. The summed E-state index contributed by atoms with van der Waals surface area (Å²) in [6.45, 7) is 13.5. The van der Waals surface area contributed by atoms with Crippen LogP contribution in [0.2, 0.25) is 0 Å². The van der Waals surface area contributed by atoms with Crippen LogP contribution in [0, 0.1) is 5.41 Å². The fraction of sp³-hybridized carbons (Fsp3) is 0.447. The molecule has 2 aromatic carbocycles. The number of para-hydroxylation sites is 1. The number of rotatable bonds is 12. The van der Waals surface area contributed by atoms with Crippen molar-refractivity contribution < 1.29 is 41.9 Å². The maximum Gasteiger partial charge on any atom is 0.411 e. The van der Waals surface area contributed by atoms with Gasteiger partial charge in [-0.1, -0.05) is 94.1 Å². The second-order valence-corrected chi connectivity index (χ2v) is 17.0. The molecule has 286 valence electrons. The normalized spacial score (nSPS) is 18.7. The molecule has 15 heteroatoms. The number of ether oxygens (including phenoxy) is 2. The Labute approximate surface area is 310 Å². The Morgan fingerprint density at radius 3 is 2.15 bits per heavy atom. The topological polar surface area (TPSA) is 189 Å². The van der Waals surface area contributed by atoms with Gasteiger partial charge in [-0.25, -0.2) is 18.0 Å². The monoisotopic (exact) mass is 751 g/mol. The largest absolute Gasteiger partial charge is 0.444 e. The lowest BCUT2D eigenvalue weighted by molar-refractivity contribution is -0.142. The van der Waals surface area contributed by atoms with Gasteiger partial charge >= 0.3 is 12.2 Å². The van der Waals surface area contributed by atoms with E-state index < -0.39 is 80.4 Å². The van der Waals surface area contributed by atoms with Crippen LogP contribution >= 0.6 is 0 Å². The first-order valence-corrected chi connectivity index (χ1v) is 18.9. The van der Waals surface area contributed by atoms with E-state index in [1.54, 1.807) is 53.7 Å². The number of nitrogens with one attached hydrogen (secondary N) is 4. The number of nitrogens with zero attached hydrogens (tertiary/aromatic N) is 1. The van der Waals surface area contributed by atoms with Crippen LogP contribution in [-0.4, -0.2) is 84.9 Å². The summed E-state index contributed by atoms with van der Waals surface area (Å²) in [5.74, 6) is -2.48. The van der Waals surface area contributed by atoms with Gasteiger partial charge in [0.25, 0.3) is 5.91 Å². The van der Waals surface area contributed by atoms with Gasteiger partial charge < -0.3 is 25.0 Å². The van der Waals surface area contributed by atoms with Gasteiger partial charge in [0, 0.05) is 12.0 Å².